The van der Waals surface area contributed by atoms with Crippen LogP contribution in [0.2, 0.25) is 0 Å². The van der Waals surface area contributed by atoms with Crippen LogP contribution in [0.15, 0.2) is 29.3 Å². The Morgan fingerprint density at radius 2 is 1.96 bits per heavy atom. The number of anilines is 1. The molecule has 1 aromatic rings. The Kier molecular flexibility index (Phi) is 4.71. The maximum absolute atomic E-state index is 12.9. The number of hydrogen-bond donors (Lipinski definition) is 2. The summed E-state index contributed by atoms with van der Waals surface area (Å²) in [6.45, 7) is 1.47. The Morgan fingerprint density at radius 1 is 1.32 bits per heavy atom. The van der Waals surface area contributed by atoms with E-state index in [-0.39, 0.29) is 24.2 Å². The molecular weight excluding hydrogens is 325 g/mol. The summed E-state index contributed by atoms with van der Waals surface area (Å²) in [4.78, 5) is 32.8. The molecule has 0 atom stereocenters. The number of guanidine groups is 1. The van der Waals surface area contributed by atoms with Crippen LogP contribution >= 0.6 is 0 Å². The molecule has 25 heavy (non-hydrogen) atoms. The Bertz CT molecular complexity index is 693. The first-order valence-electron chi connectivity index (χ1n) is 8.24. The van der Waals surface area contributed by atoms with Crippen molar-refractivity contribution in [3.8, 4) is 0 Å². The summed E-state index contributed by atoms with van der Waals surface area (Å²) in [6, 6.07) is 5.66. The molecule has 3 rings (SSSR count). The zero-order valence-corrected chi connectivity index (χ0v) is 14.4. The van der Waals surface area contributed by atoms with Gasteiger partial charge in [0.1, 0.15) is 11.4 Å². The molecule has 0 unspecified atom stereocenters. The predicted molar refractivity (Wildman–Crippen MR) is 92.7 cm³/mol. The molecule has 2 amide bonds. The Labute approximate surface area is 145 Å². The highest BCUT2D eigenvalue weighted by molar-refractivity contribution is 6.07. The summed E-state index contributed by atoms with van der Waals surface area (Å²) in [5.41, 5.74) is -0.140. The molecule has 1 saturated heterocycles. The van der Waals surface area contributed by atoms with Crippen molar-refractivity contribution >= 4 is 23.5 Å². The van der Waals surface area contributed by atoms with E-state index in [4.69, 9.17) is 0 Å². The number of rotatable bonds is 3. The molecule has 1 aromatic carbocycles. The number of piperidine rings is 1. The van der Waals surface area contributed by atoms with Crippen LogP contribution in [-0.2, 0) is 9.59 Å². The third-order valence-electron chi connectivity index (χ3n) is 4.57. The smallest absolute Gasteiger partial charge is 0.254 e. The summed E-state index contributed by atoms with van der Waals surface area (Å²) in [7, 11) is 3.68. The topological polar surface area (TPSA) is 77.0 Å². The summed E-state index contributed by atoms with van der Waals surface area (Å²) in [5, 5.41) is 5.56. The zero-order valence-electron chi connectivity index (χ0n) is 14.4. The number of likely N-dealkylation sites (tertiary alicyclic amines) is 1. The lowest BCUT2D eigenvalue weighted by Crippen LogP contribution is -2.50. The van der Waals surface area contributed by atoms with Crippen molar-refractivity contribution in [2.75, 3.05) is 39.0 Å². The highest BCUT2D eigenvalue weighted by atomic mass is 19.1. The second kappa shape index (κ2) is 6.79. The second-order valence-electron chi connectivity index (χ2n) is 6.65. The molecule has 1 spiro atoms. The van der Waals surface area contributed by atoms with Gasteiger partial charge in [0.15, 0.2) is 0 Å². The van der Waals surface area contributed by atoms with Gasteiger partial charge in [-0.1, -0.05) is 0 Å². The monoisotopic (exact) mass is 347 g/mol. The number of nitrogens with zero attached hydrogens (tertiary/aromatic N) is 3. The Morgan fingerprint density at radius 3 is 2.52 bits per heavy atom. The van der Waals surface area contributed by atoms with Gasteiger partial charge >= 0.3 is 0 Å². The minimum absolute atomic E-state index is 0.0633. The number of amides is 2. The molecule has 1 fully saturated rings. The predicted octanol–water partition coefficient (Wildman–Crippen LogP) is 0.646. The number of benzene rings is 1. The van der Waals surface area contributed by atoms with Crippen molar-refractivity contribution < 1.29 is 14.0 Å². The van der Waals surface area contributed by atoms with Gasteiger partial charge in [-0.3, -0.25) is 19.8 Å². The van der Waals surface area contributed by atoms with Gasteiger partial charge in [0, 0.05) is 32.9 Å². The third-order valence-corrected chi connectivity index (χ3v) is 4.57. The van der Waals surface area contributed by atoms with Crippen molar-refractivity contribution in [2.24, 2.45) is 4.99 Å². The third kappa shape index (κ3) is 3.79. The van der Waals surface area contributed by atoms with Gasteiger partial charge in [0.2, 0.25) is 11.9 Å². The number of halogens is 1. The molecule has 8 heteroatoms. The van der Waals surface area contributed by atoms with Crippen LogP contribution in [0, 0.1) is 5.82 Å². The fraction of sp³-hybridized carbons (Fsp3) is 0.471. The van der Waals surface area contributed by atoms with E-state index >= 15 is 0 Å². The Hall–Kier alpha value is -2.48. The van der Waals surface area contributed by atoms with Crippen LogP contribution in [0.5, 0.6) is 0 Å². The first-order chi connectivity index (χ1) is 11.9. The minimum atomic E-state index is -0.705. The lowest BCUT2D eigenvalue weighted by atomic mass is 9.88. The van der Waals surface area contributed by atoms with Crippen LogP contribution in [0.1, 0.15) is 12.8 Å². The maximum atomic E-state index is 12.9. The zero-order chi connectivity index (χ0) is 18.0. The molecule has 2 N–H and O–H groups in total. The van der Waals surface area contributed by atoms with Crippen molar-refractivity contribution in [3.05, 3.63) is 30.1 Å². The first-order valence-corrected chi connectivity index (χ1v) is 8.24. The van der Waals surface area contributed by atoms with Crippen LogP contribution < -0.4 is 10.6 Å². The lowest BCUT2D eigenvalue weighted by molar-refractivity contribution is -0.125. The van der Waals surface area contributed by atoms with Crippen molar-refractivity contribution in [1.29, 1.82) is 0 Å². The van der Waals surface area contributed by atoms with E-state index in [9.17, 15) is 14.0 Å². The van der Waals surface area contributed by atoms with E-state index in [2.05, 4.69) is 15.6 Å². The van der Waals surface area contributed by atoms with E-state index < -0.39 is 5.54 Å². The molecule has 2 aliphatic rings. The van der Waals surface area contributed by atoms with Gasteiger partial charge in [-0.15, -0.1) is 0 Å². The fourth-order valence-electron chi connectivity index (χ4n) is 3.07. The SMILES string of the molecule is CN(C)C1=NC2(CCN(CC(=O)Nc3ccc(F)cc3)CC2)C(=O)N1. The number of nitrogens with one attached hydrogen (secondary N) is 2. The molecule has 2 heterocycles. The molecule has 2 aliphatic heterocycles. The molecule has 0 radical (unpaired) electrons. The minimum Gasteiger partial charge on any atom is -0.349 e. The van der Waals surface area contributed by atoms with E-state index in [0.717, 1.165) is 0 Å². The number of aliphatic imine (C=N–C) groups is 1. The standard InChI is InChI=1S/C17H22FN5O2/c1-22(2)16-20-15(25)17(21-16)7-9-23(10-8-17)11-14(24)19-13-5-3-12(18)4-6-13/h3-6H,7-11H2,1-2H3,(H,19,24)(H,20,21,25). The van der Waals surface area contributed by atoms with Crippen LogP contribution in [0.25, 0.3) is 0 Å². The van der Waals surface area contributed by atoms with E-state index in [1.807, 2.05) is 19.0 Å². The van der Waals surface area contributed by atoms with E-state index in [1.165, 1.54) is 24.3 Å². The first kappa shape index (κ1) is 17.3. The van der Waals surface area contributed by atoms with Crippen molar-refractivity contribution in [2.45, 2.75) is 18.4 Å². The van der Waals surface area contributed by atoms with Crippen molar-refractivity contribution in [3.63, 3.8) is 0 Å². The highest BCUT2D eigenvalue weighted by Crippen LogP contribution is 2.30. The molecule has 0 saturated carbocycles. The molecule has 0 aliphatic carbocycles. The molecule has 7 nitrogen and oxygen atoms in total. The number of hydrogen-bond acceptors (Lipinski definition) is 5. The van der Waals surface area contributed by atoms with Gasteiger partial charge < -0.3 is 10.2 Å². The van der Waals surface area contributed by atoms with Crippen molar-refractivity contribution in [1.82, 2.24) is 15.1 Å². The fourth-order valence-corrected chi connectivity index (χ4v) is 3.07. The second-order valence-corrected chi connectivity index (χ2v) is 6.65. The largest absolute Gasteiger partial charge is 0.349 e. The van der Waals surface area contributed by atoms with E-state index in [1.54, 1.807) is 4.90 Å². The number of carbonyl (C=O) groups is 2. The van der Waals surface area contributed by atoms with Crippen LogP contribution in [-0.4, -0.2) is 66.8 Å². The highest BCUT2D eigenvalue weighted by Gasteiger charge is 2.46. The average molecular weight is 347 g/mol. The Balaban J connectivity index is 1.53. The molecular formula is C17H22FN5O2. The average Bonchev–Trinajstić information content (AvgIpc) is 2.89. The lowest BCUT2D eigenvalue weighted by Gasteiger charge is -2.34. The summed E-state index contributed by atoms with van der Waals surface area (Å²) >= 11 is 0. The summed E-state index contributed by atoms with van der Waals surface area (Å²) in [6.07, 6.45) is 1.17. The molecule has 0 aromatic heterocycles. The maximum Gasteiger partial charge on any atom is 0.254 e. The normalized spacial score (nSPS) is 19.5. The quantitative estimate of drug-likeness (QED) is 0.842. The van der Waals surface area contributed by atoms with Crippen LogP contribution in [0.4, 0.5) is 10.1 Å². The van der Waals surface area contributed by atoms with Gasteiger partial charge in [-0.25, -0.2) is 9.38 Å². The van der Waals surface area contributed by atoms with Gasteiger partial charge in [0.25, 0.3) is 5.91 Å². The summed E-state index contributed by atoms with van der Waals surface area (Å²) < 4.78 is 12.9. The number of carbonyl (C=O) groups excluding carboxylic acids is 2. The van der Waals surface area contributed by atoms with E-state index in [0.29, 0.717) is 37.6 Å². The van der Waals surface area contributed by atoms with Crippen LogP contribution in [0.3, 0.4) is 0 Å². The van der Waals surface area contributed by atoms with Gasteiger partial charge in [0.05, 0.1) is 6.54 Å². The summed E-state index contributed by atoms with van der Waals surface area (Å²) in [5.74, 6) is 0.0295. The molecule has 0 bridgehead atoms. The van der Waals surface area contributed by atoms with Gasteiger partial charge in [-0.05, 0) is 37.1 Å². The van der Waals surface area contributed by atoms with Gasteiger partial charge in [-0.2, -0.15) is 0 Å². The molecule has 134 valence electrons.